The maximum Gasteiger partial charge on any atom is 0.208 e. The minimum absolute atomic E-state index is 0.437. The van der Waals surface area contributed by atoms with Crippen LogP contribution in [0.3, 0.4) is 0 Å². The van der Waals surface area contributed by atoms with E-state index in [0.29, 0.717) is 12.0 Å². The van der Waals surface area contributed by atoms with Gasteiger partial charge >= 0.3 is 0 Å². The second kappa shape index (κ2) is 6.24. The molecule has 0 unspecified atom stereocenters. The number of nitrogens with zero attached hydrogens (tertiary/aromatic N) is 2. The summed E-state index contributed by atoms with van der Waals surface area (Å²) in [5, 5.41) is 6.89. The Kier molecular flexibility index (Phi) is 4.66. The molecule has 17 heavy (non-hydrogen) atoms. The van der Waals surface area contributed by atoms with Crippen molar-refractivity contribution in [1.82, 2.24) is 5.01 Å². The Morgan fingerprint density at radius 3 is 3.06 bits per heavy atom. The van der Waals surface area contributed by atoms with Gasteiger partial charge in [-0.15, -0.1) is 5.10 Å². The van der Waals surface area contributed by atoms with Crippen LogP contribution in [0.25, 0.3) is 0 Å². The van der Waals surface area contributed by atoms with E-state index in [1.807, 2.05) is 0 Å². The van der Waals surface area contributed by atoms with E-state index in [2.05, 4.69) is 11.9 Å². The first-order chi connectivity index (χ1) is 8.31. The smallest absolute Gasteiger partial charge is 0.208 e. The van der Waals surface area contributed by atoms with Crippen molar-refractivity contribution in [1.29, 1.82) is 0 Å². The van der Waals surface area contributed by atoms with Crippen LogP contribution in [0.2, 0.25) is 0 Å². The molecule has 2 saturated heterocycles. The lowest BCUT2D eigenvalue weighted by Crippen LogP contribution is -2.31. The molecule has 2 aliphatic heterocycles. The Bertz CT molecular complexity index is 268. The molecular formula is C13H24N2O2. The van der Waals surface area contributed by atoms with Gasteiger partial charge in [-0.05, 0) is 32.1 Å². The molecule has 0 radical (unpaired) electrons. The fourth-order valence-corrected chi connectivity index (χ4v) is 2.56. The number of rotatable bonds is 3. The lowest BCUT2D eigenvalue weighted by atomic mass is 10.1. The molecule has 98 valence electrons. The second-order valence-corrected chi connectivity index (χ2v) is 5.10. The van der Waals surface area contributed by atoms with Gasteiger partial charge in [-0.25, -0.2) is 0 Å². The number of hydrogen-bond donors (Lipinski definition) is 0. The average molecular weight is 240 g/mol. The van der Waals surface area contributed by atoms with Gasteiger partial charge in [0, 0.05) is 19.6 Å². The van der Waals surface area contributed by atoms with Crippen molar-refractivity contribution in [3.63, 3.8) is 0 Å². The molecular weight excluding hydrogens is 216 g/mol. The van der Waals surface area contributed by atoms with Crippen LogP contribution in [0.5, 0.6) is 0 Å². The van der Waals surface area contributed by atoms with E-state index < -0.39 is 0 Å². The summed E-state index contributed by atoms with van der Waals surface area (Å²) in [5.41, 5.74) is 0. The molecule has 0 amide bonds. The quantitative estimate of drug-likeness (QED) is 0.758. The van der Waals surface area contributed by atoms with Gasteiger partial charge in [0.25, 0.3) is 0 Å². The first-order valence-electron chi connectivity index (χ1n) is 6.78. The molecule has 0 aromatic heterocycles. The Labute approximate surface area is 104 Å². The third-order valence-electron chi connectivity index (χ3n) is 3.64. The summed E-state index contributed by atoms with van der Waals surface area (Å²) in [6, 6.07) is 0.437. The molecule has 0 bridgehead atoms. The summed E-state index contributed by atoms with van der Waals surface area (Å²) in [7, 11) is 1.76. The molecule has 0 spiro atoms. The van der Waals surface area contributed by atoms with Crippen molar-refractivity contribution in [2.24, 2.45) is 11.0 Å². The first kappa shape index (κ1) is 12.7. The zero-order valence-corrected chi connectivity index (χ0v) is 11.0. The van der Waals surface area contributed by atoms with Crippen LogP contribution < -0.4 is 0 Å². The van der Waals surface area contributed by atoms with Gasteiger partial charge in [-0.3, -0.25) is 5.01 Å². The minimum Gasteiger partial charge on any atom is -0.480 e. The van der Waals surface area contributed by atoms with E-state index in [1.165, 1.54) is 25.7 Å². The highest BCUT2D eigenvalue weighted by Gasteiger charge is 2.25. The van der Waals surface area contributed by atoms with E-state index in [9.17, 15) is 0 Å². The van der Waals surface area contributed by atoms with Crippen LogP contribution in [-0.2, 0) is 9.47 Å². The lowest BCUT2D eigenvalue weighted by molar-refractivity contribution is 0.114. The molecule has 2 aliphatic rings. The topological polar surface area (TPSA) is 34.1 Å². The average Bonchev–Trinajstić information content (AvgIpc) is 2.64. The number of hydrogen-bond acceptors (Lipinski definition) is 4. The van der Waals surface area contributed by atoms with E-state index >= 15 is 0 Å². The number of methoxy groups -OCH3 is 1. The van der Waals surface area contributed by atoms with Gasteiger partial charge in [-0.1, -0.05) is 6.92 Å². The van der Waals surface area contributed by atoms with Crippen LogP contribution in [0, 0.1) is 5.92 Å². The summed E-state index contributed by atoms with van der Waals surface area (Å²) < 4.78 is 11.0. The van der Waals surface area contributed by atoms with Crippen LogP contribution in [0.4, 0.5) is 0 Å². The second-order valence-electron chi connectivity index (χ2n) is 5.10. The summed E-state index contributed by atoms with van der Waals surface area (Å²) in [6.45, 7) is 4.84. The van der Waals surface area contributed by atoms with E-state index in [0.717, 1.165) is 32.1 Å². The first-order valence-corrected chi connectivity index (χ1v) is 6.78. The summed E-state index contributed by atoms with van der Waals surface area (Å²) >= 11 is 0. The highest BCUT2D eigenvalue weighted by Crippen LogP contribution is 2.21. The van der Waals surface area contributed by atoms with Crippen molar-refractivity contribution in [3.05, 3.63) is 0 Å². The minimum atomic E-state index is 0.437. The highest BCUT2D eigenvalue weighted by molar-refractivity contribution is 5.78. The summed E-state index contributed by atoms with van der Waals surface area (Å²) in [6.07, 6.45) is 5.99. The van der Waals surface area contributed by atoms with E-state index in [4.69, 9.17) is 14.6 Å². The third-order valence-corrected chi connectivity index (χ3v) is 3.64. The monoisotopic (exact) mass is 240 g/mol. The summed E-state index contributed by atoms with van der Waals surface area (Å²) in [5.74, 6) is 1.40. The van der Waals surface area contributed by atoms with E-state index in [1.54, 1.807) is 7.11 Å². The largest absolute Gasteiger partial charge is 0.480 e. The van der Waals surface area contributed by atoms with Gasteiger partial charge in [-0.2, -0.15) is 0 Å². The van der Waals surface area contributed by atoms with Crippen molar-refractivity contribution in [2.75, 3.05) is 26.9 Å². The molecule has 2 rings (SSSR count). The van der Waals surface area contributed by atoms with Gasteiger partial charge in [0.1, 0.15) is 0 Å². The van der Waals surface area contributed by atoms with Crippen LogP contribution in [0.15, 0.2) is 5.10 Å². The van der Waals surface area contributed by atoms with Gasteiger partial charge in [0.15, 0.2) is 0 Å². The maximum absolute atomic E-state index is 5.77. The normalized spacial score (nSPS) is 32.6. The highest BCUT2D eigenvalue weighted by atomic mass is 16.5. The predicted molar refractivity (Wildman–Crippen MR) is 68.0 cm³/mol. The SMILES string of the molecule is COC[C@@H]1CCCN1/N=C1\OCCCC[C@H]1C. The van der Waals surface area contributed by atoms with Crippen LogP contribution in [-0.4, -0.2) is 43.8 Å². The fourth-order valence-electron chi connectivity index (χ4n) is 2.56. The Morgan fingerprint density at radius 1 is 1.35 bits per heavy atom. The predicted octanol–water partition coefficient (Wildman–Crippen LogP) is 2.25. The van der Waals surface area contributed by atoms with Crippen molar-refractivity contribution >= 4 is 5.90 Å². The zero-order chi connectivity index (χ0) is 12.1. The van der Waals surface area contributed by atoms with E-state index in [-0.39, 0.29) is 0 Å². The van der Waals surface area contributed by atoms with Crippen molar-refractivity contribution in [3.8, 4) is 0 Å². The molecule has 4 heteroatoms. The summed E-state index contributed by atoms with van der Waals surface area (Å²) in [4.78, 5) is 0. The Hall–Kier alpha value is -0.770. The van der Waals surface area contributed by atoms with Gasteiger partial charge < -0.3 is 9.47 Å². The Morgan fingerprint density at radius 2 is 2.24 bits per heavy atom. The van der Waals surface area contributed by atoms with Gasteiger partial charge in [0.05, 0.1) is 19.3 Å². The molecule has 4 nitrogen and oxygen atoms in total. The molecule has 2 fully saturated rings. The molecule has 0 N–H and O–H groups in total. The molecule has 0 aromatic rings. The number of ether oxygens (including phenoxy) is 2. The zero-order valence-electron chi connectivity index (χ0n) is 11.0. The third kappa shape index (κ3) is 3.35. The standard InChI is InChI=1S/C13H24N2O2/c1-11-6-3-4-9-17-13(11)14-15-8-5-7-12(15)10-16-2/h11-12H,3-10H2,1-2H3/b14-13-/t11-,12+/m1/s1. The fraction of sp³-hybridized carbons (Fsp3) is 0.923. The lowest BCUT2D eigenvalue weighted by Gasteiger charge is -2.23. The molecule has 2 heterocycles. The maximum atomic E-state index is 5.77. The number of hydrazone groups is 1. The van der Waals surface area contributed by atoms with Gasteiger partial charge in [0.2, 0.25) is 5.90 Å². The molecule has 0 aromatic carbocycles. The molecule has 0 aliphatic carbocycles. The van der Waals surface area contributed by atoms with Crippen molar-refractivity contribution < 1.29 is 9.47 Å². The van der Waals surface area contributed by atoms with Crippen molar-refractivity contribution in [2.45, 2.75) is 45.1 Å². The van der Waals surface area contributed by atoms with Crippen LogP contribution in [0.1, 0.15) is 39.0 Å². The van der Waals surface area contributed by atoms with Crippen LogP contribution >= 0.6 is 0 Å². The molecule has 2 atom stereocenters. The molecule has 0 saturated carbocycles. The Balaban J connectivity index is 2.00.